The van der Waals surface area contributed by atoms with Crippen LogP contribution in [0.5, 0.6) is 5.75 Å². The van der Waals surface area contributed by atoms with Crippen LogP contribution in [0.2, 0.25) is 0 Å². The second kappa shape index (κ2) is 10.8. The Morgan fingerprint density at radius 1 is 0.971 bits per heavy atom. The van der Waals surface area contributed by atoms with Crippen molar-refractivity contribution in [1.29, 1.82) is 0 Å². The Kier molecular flexibility index (Phi) is 7.59. The number of anilines is 1. The Labute approximate surface area is 203 Å². The highest BCUT2D eigenvalue weighted by atomic mass is 32.2. The lowest BCUT2D eigenvalue weighted by atomic mass is 10.2. The fourth-order valence-corrected chi connectivity index (χ4v) is 6.04. The van der Waals surface area contributed by atoms with Gasteiger partial charge in [0.15, 0.2) is 15.0 Å². The van der Waals surface area contributed by atoms with Gasteiger partial charge in [0.1, 0.15) is 5.75 Å². The van der Waals surface area contributed by atoms with Crippen molar-refractivity contribution < 1.29 is 17.9 Å². The van der Waals surface area contributed by atoms with E-state index in [-0.39, 0.29) is 30.3 Å². The molecule has 0 saturated heterocycles. The number of thiazole rings is 1. The molecule has 1 heterocycles. The van der Waals surface area contributed by atoms with Crippen LogP contribution in [0.3, 0.4) is 0 Å². The van der Waals surface area contributed by atoms with Crippen LogP contribution in [0.1, 0.15) is 24.0 Å². The maximum absolute atomic E-state index is 13.3. The van der Waals surface area contributed by atoms with Gasteiger partial charge in [0.2, 0.25) is 5.91 Å². The van der Waals surface area contributed by atoms with Crippen molar-refractivity contribution in [2.24, 2.45) is 0 Å². The second-order valence-corrected chi connectivity index (χ2v) is 11.2. The molecule has 0 saturated carbocycles. The van der Waals surface area contributed by atoms with Crippen molar-refractivity contribution in [2.75, 3.05) is 17.8 Å². The van der Waals surface area contributed by atoms with Gasteiger partial charge < -0.3 is 4.74 Å². The Balaban J connectivity index is 1.49. The number of rotatable bonds is 10. The highest BCUT2D eigenvalue weighted by Gasteiger charge is 2.21. The number of methoxy groups -OCH3 is 1. The largest absolute Gasteiger partial charge is 0.497 e. The summed E-state index contributed by atoms with van der Waals surface area (Å²) in [7, 11) is -1.70. The van der Waals surface area contributed by atoms with Crippen molar-refractivity contribution in [1.82, 2.24) is 4.98 Å². The average molecular weight is 495 g/mol. The van der Waals surface area contributed by atoms with Crippen molar-refractivity contribution in [3.63, 3.8) is 0 Å². The molecule has 0 bridgehead atoms. The lowest BCUT2D eigenvalue weighted by Gasteiger charge is -2.20. The molecule has 0 spiro atoms. The zero-order valence-electron chi connectivity index (χ0n) is 18.9. The van der Waals surface area contributed by atoms with E-state index in [0.717, 1.165) is 21.3 Å². The highest BCUT2D eigenvalue weighted by molar-refractivity contribution is 7.90. The number of amides is 1. The average Bonchev–Trinajstić information content (AvgIpc) is 3.26. The number of hydrogen-bond acceptors (Lipinski definition) is 6. The standard InChI is InChI=1S/C26H26N2O4S2/c1-32-22-14-15-24-23(17-22)27-26(33-24)28(18-20-9-4-2-5-10-20)25(29)13-8-16-34(30,31)19-21-11-6-3-7-12-21/h2-7,9-12,14-15,17H,8,13,16,18-19H2,1H3. The smallest absolute Gasteiger partial charge is 0.229 e. The van der Waals surface area contributed by atoms with E-state index < -0.39 is 9.84 Å². The maximum atomic E-state index is 13.3. The summed E-state index contributed by atoms with van der Waals surface area (Å²) >= 11 is 1.43. The Morgan fingerprint density at radius 2 is 1.65 bits per heavy atom. The number of fused-ring (bicyclic) bond motifs is 1. The first kappa shape index (κ1) is 23.9. The van der Waals surface area contributed by atoms with Crippen LogP contribution < -0.4 is 9.64 Å². The molecule has 1 amide bonds. The second-order valence-electron chi connectivity index (χ2n) is 7.98. The van der Waals surface area contributed by atoms with Gasteiger partial charge in [-0.25, -0.2) is 13.4 Å². The zero-order chi connectivity index (χ0) is 24.0. The number of carbonyl (C=O) groups excluding carboxylic acids is 1. The molecule has 0 aliphatic rings. The number of aromatic nitrogens is 1. The lowest BCUT2D eigenvalue weighted by Crippen LogP contribution is -2.30. The molecule has 0 radical (unpaired) electrons. The van der Waals surface area contributed by atoms with Gasteiger partial charge in [-0.2, -0.15) is 0 Å². The molecule has 0 atom stereocenters. The van der Waals surface area contributed by atoms with Crippen molar-refractivity contribution in [3.8, 4) is 5.75 Å². The maximum Gasteiger partial charge on any atom is 0.229 e. The molecule has 4 aromatic rings. The molecule has 6 nitrogen and oxygen atoms in total. The molecule has 0 aliphatic carbocycles. The first-order chi connectivity index (χ1) is 16.4. The Hall–Kier alpha value is -3.23. The van der Waals surface area contributed by atoms with Crippen LogP contribution >= 0.6 is 11.3 Å². The normalized spacial score (nSPS) is 11.4. The summed E-state index contributed by atoms with van der Waals surface area (Å²) in [4.78, 5) is 19.6. The van der Waals surface area contributed by atoms with Crippen LogP contribution in [0.15, 0.2) is 78.9 Å². The Morgan fingerprint density at radius 3 is 2.32 bits per heavy atom. The molecule has 0 N–H and O–H groups in total. The van der Waals surface area contributed by atoms with Gasteiger partial charge in [0, 0.05) is 12.5 Å². The van der Waals surface area contributed by atoms with Crippen LogP contribution in [0, 0.1) is 0 Å². The van der Waals surface area contributed by atoms with E-state index >= 15 is 0 Å². The summed E-state index contributed by atoms with van der Waals surface area (Å²) < 4.78 is 31.3. The minimum absolute atomic E-state index is 0.0184. The summed E-state index contributed by atoms with van der Waals surface area (Å²) in [5, 5.41) is 0.587. The minimum Gasteiger partial charge on any atom is -0.497 e. The highest BCUT2D eigenvalue weighted by Crippen LogP contribution is 2.32. The van der Waals surface area contributed by atoms with Gasteiger partial charge in [-0.15, -0.1) is 0 Å². The van der Waals surface area contributed by atoms with E-state index in [9.17, 15) is 13.2 Å². The topological polar surface area (TPSA) is 76.6 Å². The molecule has 3 aromatic carbocycles. The Bertz CT molecular complexity index is 1350. The van der Waals surface area contributed by atoms with Crippen molar-refractivity contribution in [3.05, 3.63) is 90.0 Å². The number of ether oxygens (including phenoxy) is 1. The first-order valence-electron chi connectivity index (χ1n) is 11.0. The van der Waals surface area contributed by atoms with Gasteiger partial charge in [-0.05, 0) is 29.7 Å². The summed E-state index contributed by atoms with van der Waals surface area (Å²) in [6.07, 6.45) is 0.387. The molecule has 8 heteroatoms. The van der Waals surface area contributed by atoms with E-state index in [1.54, 1.807) is 24.1 Å². The molecular formula is C26H26N2O4S2. The zero-order valence-corrected chi connectivity index (χ0v) is 20.5. The van der Waals surface area contributed by atoms with E-state index in [2.05, 4.69) is 4.98 Å². The summed E-state index contributed by atoms with van der Waals surface area (Å²) in [6, 6.07) is 24.4. The van der Waals surface area contributed by atoms with E-state index in [0.29, 0.717) is 17.4 Å². The molecule has 34 heavy (non-hydrogen) atoms. The third-order valence-corrected chi connectivity index (χ3v) is 8.12. The molecule has 0 unspecified atom stereocenters. The van der Waals surface area contributed by atoms with Crippen LogP contribution in [0.25, 0.3) is 10.2 Å². The summed E-state index contributed by atoms with van der Waals surface area (Å²) in [6.45, 7) is 0.368. The van der Waals surface area contributed by atoms with Gasteiger partial charge >= 0.3 is 0 Å². The number of carbonyl (C=O) groups is 1. The van der Waals surface area contributed by atoms with E-state index in [1.165, 1.54) is 11.3 Å². The number of sulfone groups is 1. The number of benzene rings is 3. The quantitative estimate of drug-likeness (QED) is 0.302. The van der Waals surface area contributed by atoms with Crippen molar-refractivity contribution >= 4 is 42.4 Å². The SMILES string of the molecule is COc1ccc2sc(N(Cc3ccccc3)C(=O)CCCS(=O)(=O)Cc3ccccc3)nc2c1. The molecule has 1 aromatic heterocycles. The third-order valence-electron chi connectivity index (χ3n) is 5.37. The van der Waals surface area contributed by atoms with E-state index in [4.69, 9.17) is 4.74 Å². The van der Waals surface area contributed by atoms with Crippen LogP contribution in [-0.2, 0) is 26.9 Å². The molecule has 176 valence electrons. The van der Waals surface area contributed by atoms with Crippen molar-refractivity contribution in [2.45, 2.75) is 25.1 Å². The third kappa shape index (κ3) is 6.21. The molecule has 4 rings (SSSR count). The summed E-state index contributed by atoms with van der Waals surface area (Å²) in [5.41, 5.74) is 2.49. The molecular weight excluding hydrogens is 468 g/mol. The van der Waals surface area contributed by atoms with Gasteiger partial charge in [-0.3, -0.25) is 9.69 Å². The summed E-state index contributed by atoms with van der Waals surface area (Å²) in [5.74, 6) is 0.498. The molecule has 0 fully saturated rings. The van der Waals surface area contributed by atoms with Gasteiger partial charge in [0.05, 0.1) is 35.4 Å². The lowest BCUT2D eigenvalue weighted by molar-refractivity contribution is -0.118. The fraction of sp³-hybridized carbons (Fsp3) is 0.231. The monoisotopic (exact) mass is 494 g/mol. The number of hydrogen-bond donors (Lipinski definition) is 0. The molecule has 0 aliphatic heterocycles. The number of nitrogens with zero attached hydrogens (tertiary/aromatic N) is 2. The minimum atomic E-state index is -3.31. The fourth-order valence-electron chi connectivity index (χ4n) is 3.64. The predicted molar refractivity (Wildman–Crippen MR) is 137 cm³/mol. The van der Waals surface area contributed by atoms with Gasteiger partial charge in [0.25, 0.3) is 0 Å². The van der Waals surface area contributed by atoms with Crippen LogP contribution in [-0.4, -0.2) is 32.2 Å². The van der Waals surface area contributed by atoms with Gasteiger partial charge in [-0.1, -0.05) is 72.0 Å². The first-order valence-corrected chi connectivity index (χ1v) is 13.6. The predicted octanol–water partition coefficient (Wildman–Crippen LogP) is 5.23. The van der Waals surface area contributed by atoms with Crippen LogP contribution in [0.4, 0.5) is 5.13 Å². The van der Waals surface area contributed by atoms with E-state index in [1.807, 2.05) is 66.7 Å².